The van der Waals surface area contributed by atoms with E-state index in [1.165, 1.54) is 0 Å². The largest absolute Gasteiger partial charge is 0.443 e. The Morgan fingerprint density at radius 1 is 1.19 bits per heavy atom. The number of ether oxygens (including phenoxy) is 2. The fraction of sp³-hybridized carbons (Fsp3) is 0.381. The van der Waals surface area contributed by atoms with Gasteiger partial charge in [-0.2, -0.15) is 0 Å². The molecule has 2 aromatic rings. The SMILES string of the molecule is C#Cc1ccc(C(=O)Nc2cccc(C)c2N2CCC3(CC2)OCCO3)o1. The predicted octanol–water partition coefficient (Wildman–Crippen LogP) is 3.16. The zero-order chi connectivity index (χ0) is 18.9. The second-order valence-electron chi connectivity index (χ2n) is 6.83. The number of furan rings is 1. The molecule has 2 aliphatic heterocycles. The van der Waals surface area contributed by atoms with Crippen LogP contribution in [-0.2, 0) is 9.47 Å². The van der Waals surface area contributed by atoms with Crippen LogP contribution < -0.4 is 10.2 Å². The topological polar surface area (TPSA) is 63.9 Å². The average Bonchev–Trinajstić information content (AvgIpc) is 3.33. The lowest BCUT2D eigenvalue weighted by Crippen LogP contribution is -2.45. The van der Waals surface area contributed by atoms with Gasteiger partial charge in [0, 0.05) is 25.9 Å². The van der Waals surface area contributed by atoms with E-state index >= 15 is 0 Å². The molecule has 0 saturated carbocycles. The molecule has 1 N–H and O–H groups in total. The molecule has 6 heteroatoms. The highest BCUT2D eigenvalue weighted by molar-refractivity contribution is 6.04. The standard InChI is InChI=1S/C21H22N2O4/c1-3-16-7-8-18(27-16)20(24)22-17-6-4-5-15(2)19(17)23-11-9-21(10-12-23)25-13-14-26-21/h1,4-8H,9-14H2,2H3,(H,22,24). The molecule has 4 rings (SSSR count). The van der Waals surface area contributed by atoms with Crippen molar-refractivity contribution in [1.29, 1.82) is 0 Å². The maximum atomic E-state index is 12.6. The molecular formula is C21H22N2O4. The fourth-order valence-electron chi connectivity index (χ4n) is 3.76. The number of piperidine rings is 1. The third-order valence-corrected chi connectivity index (χ3v) is 5.11. The Morgan fingerprint density at radius 3 is 2.59 bits per heavy atom. The Bertz CT molecular complexity index is 880. The third kappa shape index (κ3) is 3.44. The van der Waals surface area contributed by atoms with Crippen molar-refractivity contribution in [3.8, 4) is 12.3 Å². The number of anilines is 2. The van der Waals surface area contributed by atoms with Gasteiger partial charge in [0.1, 0.15) is 0 Å². The highest BCUT2D eigenvalue weighted by atomic mass is 16.7. The minimum absolute atomic E-state index is 0.195. The highest BCUT2D eigenvalue weighted by Gasteiger charge is 2.40. The van der Waals surface area contributed by atoms with Crippen molar-refractivity contribution in [3.05, 3.63) is 47.4 Å². The van der Waals surface area contributed by atoms with E-state index in [4.69, 9.17) is 20.3 Å². The minimum Gasteiger partial charge on any atom is -0.443 e. The number of benzene rings is 1. The van der Waals surface area contributed by atoms with E-state index in [1.807, 2.05) is 25.1 Å². The molecule has 1 amide bonds. The van der Waals surface area contributed by atoms with Crippen LogP contribution >= 0.6 is 0 Å². The van der Waals surface area contributed by atoms with Gasteiger partial charge in [-0.05, 0) is 36.6 Å². The monoisotopic (exact) mass is 366 g/mol. The summed E-state index contributed by atoms with van der Waals surface area (Å²) in [6, 6.07) is 9.06. The highest BCUT2D eigenvalue weighted by Crippen LogP contribution is 2.37. The predicted molar refractivity (Wildman–Crippen MR) is 102 cm³/mol. The average molecular weight is 366 g/mol. The first kappa shape index (κ1) is 17.7. The Kier molecular flexibility index (Phi) is 4.65. The molecule has 2 fully saturated rings. The van der Waals surface area contributed by atoms with Crippen molar-refractivity contribution in [2.75, 3.05) is 36.5 Å². The number of nitrogens with zero attached hydrogens (tertiary/aromatic N) is 1. The number of carbonyl (C=O) groups excluding carboxylic acids is 1. The number of carbonyl (C=O) groups is 1. The molecule has 0 bridgehead atoms. The number of hydrogen-bond donors (Lipinski definition) is 1. The van der Waals surface area contributed by atoms with Gasteiger partial charge in [0.25, 0.3) is 5.91 Å². The first-order chi connectivity index (χ1) is 13.1. The molecule has 0 aliphatic carbocycles. The van der Waals surface area contributed by atoms with Gasteiger partial charge in [-0.3, -0.25) is 4.79 Å². The van der Waals surface area contributed by atoms with Crippen LogP contribution in [0.4, 0.5) is 11.4 Å². The van der Waals surface area contributed by atoms with Crippen molar-refractivity contribution >= 4 is 17.3 Å². The molecule has 1 aromatic carbocycles. The number of hydrogen-bond acceptors (Lipinski definition) is 5. The van der Waals surface area contributed by atoms with E-state index in [-0.39, 0.29) is 11.7 Å². The van der Waals surface area contributed by atoms with Gasteiger partial charge < -0.3 is 24.1 Å². The minimum atomic E-state index is -0.428. The number of terminal acetylenes is 1. The number of rotatable bonds is 3. The van der Waals surface area contributed by atoms with Gasteiger partial charge in [-0.15, -0.1) is 6.42 Å². The summed E-state index contributed by atoms with van der Waals surface area (Å²) in [5.74, 6) is 2.17. The van der Waals surface area contributed by atoms with Crippen LogP contribution in [0.2, 0.25) is 0 Å². The molecular weight excluding hydrogens is 344 g/mol. The van der Waals surface area contributed by atoms with Crippen LogP contribution in [0.1, 0.15) is 34.7 Å². The summed E-state index contributed by atoms with van der Waals surface area (Å²) in [4.78, 5) is 14.8. The van der Waals surface area contributed by atoms with Crippen LogP contribution in [0.5, 0.6) is 0 Å². The molecule has 27 heavy (non-hydrogen) atoms. The number of nitrogens with one attached hydrogen (secondary N) is 1. The molecule has 1 spiro atoms. The molecule has 0 radical (unpaired) electrons. The number of aryl methyl sites for hydroxylation is 1. The molecule has 6 nitrogen and oxygen atoms in total. The van der Waals surface area contributed by atoms with E-state index in [2.05, 4.69) is 16.1 Å². The smallest absolute Gasteiger partial charge is 0.291 e. The third-order valence-electron chi connectivity index (χ3n) is 5.11. The summed E-state index contributed by atoms with van der Waals surface area (Å²) >= 11 is 0. The van der Waals surface area contributed by atoms with Crippen molar-refractivity contribution in [3.63, 3.8) is 0 Å². The van der Waals surface area contributed by atoms with E-state index in [0.29, 0.717) is 19.0 Å². The number of para-hydroxylation sites is 1. The quantitative estimate of drug-likeness (QED) is 0.846. The summed E-state index contributed by atoms with van der Waals surface area (Å²) in [7, 11) is 0. The maximum absolute atomic E-state index is 12.6. The lowest BCUT2D eigenvalue weighted by Gasteiger charge is -2.39. The van der Waals surface area contributed by atoms with Crippen molar-refractivity contribution in [2.45, 2.75) is 25.6 Å². The maximum Gasteiger partial charge on any atom is 0.291 e. The zero-order valence-corrected chi connectivity index (χ0v) is 15.3. The van der Waals surface area contributed by atoms with Crippen LogP contribution in [0.3, 0.4) is 0 Å². The van der Waals surface area contributed by atoms with Crippen LogP contribution in [-0.4, -0.2) is 38.0 Å². The Hall–Kier alpha value is -2.75. The van der Waals surface area contributed by atoms with Gasteiger partial charge in [-0.25, -0.2) is 0 Å². The molecule has 0 atom stereocenters. The molecule has 1 aromatic heterocycles. The molecule has 2 saturated heterocycles. The van der Waals surface area contributed by atoms with Gasteiger partial charge in [0.15, 0.2) is 17.3 Å². The molecule has 2 aliphatic rings. The van der Waals surface area contributed by atoms with Crippen LogP contribution in [0.15, 0.2) is 34.7 Å². The lowest BCUT2D eigenvalue weighted by molar-refractivity contribution is -0.169. The normalized spacial score (nSPS) is 18.4. The number of amides is 1. The summed E-state index contributed by atoms with van der Waals surface area (Å²) in [6.07, 6.45) is 6.91. The van der Waals surface area contributed by atoms with E-state index in [0.717, 1.165) is 42.9 Å². The van der Waals surface area contributed by atoms with E-state index in [1.54, 1.807) is 12.1 Å². The summed E-state index contributed by atoms with van der Waals surface area (Å²) in [5, 5.41) is 2.96. The van der Waals surface area contributed by atoms with Gasteiger partial charge >= 0.3 is 0 Å². The van der Waals surface area contributed by atoms with Gasteiger partial charge in [0.05, 0.1) is 24.6 Å². The van der Waals surface area contributed by atoms with Crippen molar-refractivity contribution in [1.82, 2.24) is 0 Å². The molecule has 3 heterocycles. The Balaban J connectivity index is 1.53. The molecule has 0 unspecified atom stereocenters. The summed E-state index contributed by atoms with van der Waals surface area (Å²) in [5.41, 5.74) is 2.87. The van der Waals surface area contributed by atoms with Gasteiger partial charge in [-0.1, -0.05) is 12.1 Å². The van der Waals surface area contributed by atoms with E-state index < -0.39 is 5.79 Å². The van der Waals surface area contributed by atoms with Crippen LogP contribution in [0.25, 0.3) is 0 Å². The van der Waals surface area contributed by atoms with E-state index in [9.17, 15) is 4.79 Å². The first-order valence-corrected chi connectivity index (χ1v) is 9.10. The van der Waals surface area contributed by atoms with Crippen molar-refractivity contribution < 1.29 is 18.7 Å². The fourth-order valence-corrected chi connectivity index (χ4v) is 3.76. The summed E-state index contributed by atoms with van der Waals surface area (Å²) in [6.45, 7) is 4.97. The Labute approximate surface area is 158 Å². The lowest BCUT2D eigenvalue weighted by atomic mass is 10.0. The second kappa shape index (κ2) is 7.10. The van der Waals surface area contributed by atoms with Crippen molar-refractivity contribution in [2.24, 2.45) is 0 Å². The van der Waals surface area contributed by atoms with Crippen LogP contribution in [0, 0.1) is 19.3 Å². The molecule has 140 valence electrons. The van der Waals surface area contributed by atoms with Gasteiger partial charge in [0.2, 0.25) is 0 Å². The Morgan fingerprint density at radius 2 is 1.93 bits per heavy atom. The first-order valence-electron chi connectivity index (χ1n) is 9.10. The zero-order valence-electron chi connectivity index (χ0n) is 15.3. The second-order valence-corrected chi connectivity index (χ2v) is 6.83. The summed E-state index contributed by atoms with van der Waals surface area (Å²) < 4.78 is 17.0.